The summed E-state index contributed by atoms with van der Waals surface area (Å²) in [5, 5.41) is 0. The molecule has 122 valence electrons. The van der Waals surface area contributed by atoms with Crippen molar-refractivity contribution in [3.05, 3.63) is 42.4 Å². The average molecular weight is 315 g/mol. The van der Waals surface area contributed by atoms with Crippen LogP contribution in [0.25, 0.3) is 0 Å². The van der Waals surface area contributed by atoms with Gasteiger partial charge >= 0.3 is 0 Å². The summed E-state index contributed by atoms with van der Waals surface area (Å²) in [5.41, 5.74) is 0.437. The van der Waals surface area contributed by atoms with E-state index in [1.807, 2.05) is 24.3 Å². The number of ether oxygens (including phenoxy) is 1. The van der Waals surface area contributed by atoms with Crippen LogP contribution in [0.5, 0.6) is 0 Å². The van der Waals surface area contributed by atoms with Crippen LogP contribution in [0.15, 0.2) is 35.5 Å². The SMILES string of the molecule is Cc1occc1C(=O)N1CCC[C@@]2(C[C@H](n3ccnc3)CO2)C1. The van der Waals surface area contributed by atoms with Crippen molar-refractivity contribution < 1.29 is 13.9 Å². The molecule has 2 aromatic heterocycles. The van der Waals surface area contributed by atoms with Crippen molar-refractivity contribution >= 4 is 5.91 Å². The van der Waals surface area contributed by atoms with E-state index < -0.39 is 0 Å². The summed E-state index contributed by atoms with van der Waals surface area (Å²) in [6, 6.07) is 2.06. The molecule has 2 saturated heterocycles. The third kappa shape index (κ3) is 2.57. The van der Waals surface area contributed by atoms with E-state index in [1.54, 1.807) is 18.5 Å². The van der Waals surface area contributed by atoms with Gasteiger partial charge in [-0.1, -0.05) is 0 Å². The third-order valence-electron chi connectivity index (χ3n) is 5.05. The molecule has 2 atom stereocenters. The van der Waals surface area contributed by atoms with Crippen molar-refractivity contribution in [2.24, 2.45) is 0 Å². The lowest BCUT2D eigenvalue weighted by atomic mass is 9.88. The number of aromatic nitrogens is 2. The molecule has 6 heteroatoms. The van der Waals surface area contributed by atoms with Gasteiger partial charge in [0.2, 0.25) is 0 Å². The van der Waals surface area contributed by atoms with Gasteiger partial charge in [0.25, 0.3) is 5.91 Å². The van der Waals surface area contributed by atoms with Gasteiger partial charge in [0.05, 0.1) is 42.9 Å². The number of likely N-dealkylation sites (tertiary alicyclic amines) is 1. The van der Waals surface area contributed by atoms with Gasteiger partial charge in [0.15, 0.2) is 0 Å². The van der Waals surface area contributed by atoms with Crippen LogP contribution in [-0.2, 0) is 4.74 Å². The first-order valence-electron chi connectivity index (χ1n) is 8.12. The molecular weight excluding hydrogens is 294 g/mol. The van der Waals surface area contributed by atoms with Crippen molar-refractivity contribution in [1.29, 1.82) is 0 Å². The van der Waals surface area contributed by atoms with E-state index in [0.29, 0.717) is 30.5 Å². The molecule has 0 radical (unpaired) electrons. The highest BCUT2D eigenvalue weighted by molar-refractivity contribution is 5.95. The number of carbonyl (C=O) groups is 1. The maximum atomic E-state index is 12.7. The highest BCUT2D eigenvalue weighted by Crippen LogP contribution is 2.39. The van der Waals surface area contributed by atoms with E-state index in [1.165, 1.54) is 0 Å². The predicted molar refractivity (Wildman–Crippen MR) is 83.1 cm³/mol. The Hall–Kier alpha value is -2.08. The van der Waals surface area contributed by atoms with E-state index in [4.69, 9.17) is 9.15 Å². The van der Waals surface area contributed by atoms with Gasteiger partial charge < -0.3 is 18.6 Å². The van der Waals surface area contributed by atoms with E-state index in [-0.39, 0.29) is 11.5 Å². The second-order valence-corrected chi connectivity index (χ2v) is 6.58. The Balaban J connectivity index is 1.49. The molecule has 1 spiro atoms. The minimum Gasteiger partial charge on any atom is -0.469 e. The number of piperidine rings is 1. The van der Waals surface area contributed by atoms with Crippen LogP contribution in [0.2, 0.25) is 0 Å². The minimum atomic E-state index is -0.222. The van der Waals surface area contributed by atoms with Crippen molar-refractivity contribution in [2.75, 3.05) is 19.7 Å². The second kappa shape index (κ2) is 5.53. The number of amides is 1. The van der Waals surface area contributed by atoms with Crippen molar-refractivity contribution in [1.82, 2.24) is 14.5 Å². The summed E-state index contributed by atoms with van der Waals surface area (Å²) in [5.74, 6) is 0.725. The van der Waals surface area contributed by atoms with Crippen LogP contribution < -0.4 is 0 Å². The summed E-state index contributed by atoms with van der Waals surface area (Å²) >= 11 is 0. The number of imidazole rings is 1. The lowest BCUT2D eigenvalue weighted by Gasteiger charge is -2.39. The molecule has 2 aliphatic heterocycles. The van der Waals surface area contributed by atoms with Crippen LogP contribution in [-0.4, -0.2) is 45.7 Å². The topological polar surface area (TPSA) is 60.5 Å². The number of hydrogen-bond donors (Lipinski definition) is 0. The zero-order valence-electron chi connectivity index (χ0n) is 13.3. The fourth-order valence-corrected chi connectivity index (χ4v) is 3.83. The van der Waals surface area contributed by atoms with E-state index >= 15 is 0 Å². The number of furan rings is 1. The fraction of sp³-hybridized carbons (Fsp3) is 0.529. The van der Waals surface area contributed by atoms with Gasteiger partial charge in [-0.3, -0.25) is 4.79 Å². The summed E-state index contributed by atoms with van der Waals surface area (Å²) < 4.78 is 13.6. The van der Waals surface area contributed by atoms with Crippen LogP contribution in [0, 0.1) is 6.92 Å². The van der Waals surface area contributed by atoms with Crippen LogP contribution in [0.3, 0.4) is 0 Å². The predicted octanol–water partition coefficient (Wildman–Crippen LogP) is 2.42. The Bertz CT molecular complexity index is 694. The van der Waals surface area contributed by atoms with Crippen molar-refractivity contribution in [3.63, 3.8) is 0 Å². The van der Waals surface area contributed by atoms with Gasteiger partial charge in [-0.25, -0.2) is 4.98 Å². The molecule has 23 heavy (non-hydrogen) atoms. The molecule has 0 saturated carbocycles. The zero-order chi connectivity index (χ0) is 15.9. The zero-order valence-corrected chi connectivity index (χ0v) is 13.3. The van der Waals surface area contributed by atoms with Gasteiger partial charge in [-0.15, -0.1) is 0 Å². The second-order valence-electron chi connectivity index (χ2n) is 6.58. The number of hydrogen-bond acceptors (Lipinski definition) is 4. The highest BCUT2D eigenvalue weighted by Gasteiger charge is 2.45. The first kappa shape index (κ1) is 14.5. The molecular formula is C17H21N3O3. The maximum Gasteiger partial charge on any atom is 0.257 e. The summed E-state index contributed by atoms with van der Waals surface area (Å²) in [6.07, 6.45) is 10.1. The number of rotatable bonds is 2. The van der Waals surface area contributed by atoms with Gasteiger partial charge in [0, 0.05) is 25.4 Å². The van der Waals surface area contributed by atoms with E-state index in [9.17, 15) is 4.79 Å². The van der Waals surface area contributed by atoms with Crippen LogP contribution >= 0.6 is 0 Å². The first-order chi connectivity index (χ1) is 11.2. The number of carbonyl (C=O) groups excluding carboxylic acids is 1. The number of nitrogens with zero attached hydrogens (tertiary/aromatic N) is 3. The molecule has 2 aliphatic rings. The molecule has 1 amide bonds. The average Bonchev–Trinajstić information content (AvgIpc) is 3.28. The Morgan fingerprint density at radius 2 is 2.39 bits per heavy atom. The summed E-state index contributed by atoms with van der Waals surface area (Å²) in [4.78, 5) is 18.8. The Morgan fingerprint density at radius 1 is 1.48 bits per heavy atom. The minimum absolute atomic E-state index is 0.0463. The van der Waals surface area contributed by atoms with E-state index in [0.717, 1.165) is 25.8 Å². The van der Waals surface area contributed by atoms with Gasteiger partial charge in [-0.05, 0) is 25.8 Å². The fourth-order valence-electron chi connectivity index (χ4n) is 3.83. The van der Waals surface area contributed by atoms with E-state index in [2.05, 4.69) is 9.55 Å². The molecule has 4 heterocycles. The molecule has 0 N–H and O–H groups in total. The highest BCUT2D eigenvalue weighted by atomic mass is 16.5. The lowest BCUT2D eigenvalue weighted by Crippen LogP contribution is -2.50. The maximum absolute atomic E-state index is 12.7. The normalized spacial score (nSPS) is 27.7. The third-order valence-corrected chi connectivity index (χ3v) is 5.05. The summed E-state index contributed by atoms with van der Waals surface area (Å²) in [7, 11) is 0. The Labute approximate surface area is 135 Å². The Morgan fingerprint density at radius 3 is 3.13 bits per heavy atom. The molecule has 0 aliphatic carbocycles. The standard InChI is InChI=1S/C17H21N3O3/c1-13-15(3-8-22-13)16(21)19-6-2-4-17(11-19)9-14(10-23-17)20-7-5-18-12-20/h3,5,7-8,12,14H,2,4,6,9-11H2,1H3/t14-,17+/m0/s1. The smallest absolute Gasteiger partial charge is 0.257 e. The molecule has 6 nitrogen and oxygen atoms in total. The molecule has 0 bridgehead atoms. The molecule has 2 aromatic rings. The van der Waals surface area contributed by atoms with Gasteiger partial charge in [0.1, 0.15) is 5.76 Å². The molecule has 0 aromatic carbocycles. The number of aryl methyl sites for hydroxylation is 1. The Kier molecular flexibility index (Phi) is 3.49. The molecule has 0 unspecified atom stereocenters. The first-order valence-corrected chi connectivity index (χ1v) is 8.12. The van der Waals surface area contributed by atoms with Crippen LogP contribution in [0.4, 0.5) is 0 Å². The molecule has 2 fully saturated rings. The largest absolute Gasteiger partial charge is 0.469 e. The quantitative estimate of drug-likeness (QED) is 0.854. The lowest BCUT2D eigenvalue weighted by molar-refractivity contribution is -0.0449. The van der Waals surface area contributed by atoms with Crippen molar-refractivity contribution in [2.45, 2.75) is 37.8 Å². The molecule has 4 rings (SSSR count). The van der Waals surface area contributed by atoms with Gasteiger partial charge in [-0.2, -0.15) is 0 Å². The van der Waals surface area contributed by atoms with Crippen LogP contribution in [0.1, 0.15) is 41.4 Å². The summed E-state index contributed by atoms with van der Waals surface area (Å²) in [6.45, 7) is 3.95. The monoisotopic (exact) mass is 315 g/mol. The van der Waals surface area contributed by atoms with Crippen molar-refractivity contribution in [3.8, 4) is 0 Å².